The maximum Gasteiger partial charge on any atom is 0.352 e. The fourth-order valence-corrected chi connectivity index (χ4v) is 7.32. The Morgan fingerprint density at radius 1 is 1.27 bits per heavy atom. The van der Waals surface area contributed by atoms with Crippen molar-refractivity contribution in [3.63, 3.8) is 0 Å². The van der Waals surface area contributed by atoms with E-state index in [1.165, 1.54) is 24.3 Å². The maximum atomic E-state index is 13.1. The van der Waals surface area contributed by atoms with Gasteiger partial charge >= 0.3 is 11.9 Å². The molecule has 0 bridgehead atoms. The minimum absolute atomic E-state index is 0.0843. The van der Waals surface area contributed by atoms with E-state index in [2.05, 4.69) is 38.2 Å². The average molecular weight is 625 g/mol. The summed E-state index contributed by atoms with van der Waals surface area (Å²) < 4.78 is 1.10. The summed E-state index contributed by atoms with van der Waals surface area (Å²) in [5.74, 6) is -4.18. The molecule has 1 saturated heterocycles. The summed E-state index contributed by atoms with van der Waals surface area (Å²) in [5.41, 5.74) is 3.98. The van der Waals surface area contributed by atoms with Crippen LogP contribution in [0.3, 0.4) is 0 Å². The normalized spacial score (nSPS) is 19.7. The third kappa shape index (κ3) is 4.67. The second-order valence-corrected chi connectivity index (χ2v) is 11.6. The number of amides is 2. The van der Waals surface area contributed by atoms with E-state index in [4.69, 9.17) is 15.7 Å². The van der Waals surface area contributed by atoms with Gasteiger partial charge in [0.1, 0.15) is 40.5 Å². The lowest BCUT2D eigenvalue weighted by Gasteiger charge is -2.49. The molecule has 2 amide bonds. The first-order valence-corrected chi connectivity index (χ1v) is 14.1. The number of hydrogen-bond acceptors (Lipinski definition) is 15. The van der Waals surface area contributed by atoms with Gasteiger partial charge in [-0.1, -0.05) is 16.5 Å². The number of nitrogens with one attached hydrogen (secondary N) is 1. The van der Waals surface area contributed by atoms with Gasteiger partial charge in [0.05, 0.1) is 11.4 Å². The van der Waals surface area contributed by atoms with Gasteiger partial charge in [-0.2, -0.15) is 22.7 Å². The number of β-lactam (4-membered cyclic amide) rings is 1. The van der Waals surface area contributed by atoms with E-state index in [0.29, 0.717) is 0 Å². The molecule has 0 aromatic carbocycles. The van der Waals surface area contributed by atoms with Crippen LogP contribution in [0.25, 0.3) is 4.96 Å². The van der Waals surface area contributed by atoms with Gasteiger partial charge in [-0.05, 0) is 5.57 Å². The van der Waals surface area contributed by atoms with E-state index in [1.807, 2.05) is 0 Å². The summed E-state index contributed by atoms with van der Waals surface area (Å²) in [6.45, 7) is 0. The van der Waals surface area contributed by atoms with Crippen molar-refractivity contribution in [2.24, 2.45) is 5.16 Å². The third-order valence-corrected chi connectivity index (χ3v) is 9.42. The highest BCUT2D eigenvalue weighted by Gasteiger charge is 2.55. The highest BCUT2D eigenvalue weighted by Crippen LogP contribution is 2.45. The van der Waals surface area contributed by atoms with Gasteiger partial charge in [0, 0.05) is 11.1 Å². The molecule has 40 heavy (non-hydrogen) atoms. The molecule has 5 N–H and O–H groups in total. The number of oxime groups is 1. The van der Waals surface area contributed by atoms with E-state index in [1.54, 1.807) is 0 Å². The molecular weight excluding hydrogens is 609 g/mol. The van der Waals surface area contributed by atoms with Gasteiger partial charge in [-0.15, -0.1) is 23.1 Å². The first-order valence-electron chi connectivity index (χ1n) is 10.9. The van der Waals surface area contributed by atoms with E-state index >= 15 is 0 Å². The van der Waals surface area contributed by atoms with Crippen molar-refractivity contribution in [1.82, 2.24) is 29.8 Å². The molecule has 2 aliphatic heterocycles. The number of aromatic nitrogens is 4. The first-order chi connectivity index (χ1) is 19.0. The second kappa shape index (κ2) is 10.5. The van der Waals surface area contributed by atoms with E-state index in [-0.39, 0.29) is 43.5 Å². The van der Waals surface area contributed by atoms with Crippen molar-refractivity contribution in [3.8, 4) is 0 Å². The number of nitrogens with two attached hydrogens (primary N) is 1. The standard InChI is InChI=1S/C20H16N8O8S4/c1-36-26-8(7-4-39-19(21)22-7)13(30)23-9-15(31)28-10(18(34)35)6(3-38-16(9)28)11(37)14-25-27-2-5(17(32)33)12(29)24-20(27)40-14/h2,4,9,11,16,37H,3H2,1H3,(H2,21,22)(H,23,30)(H,32,33)(H,34,35)/t9-,11?,16-/m1/s1. The van der Waals surface area contributed by atoms with Crippen LogP contribution >= 0.6 is 47.1 Å². The number of aliphatic carboxylic acids is 1. The Balaban J connectivity index is 1.41. The predicted molar refractivity (Wildman–Crippen MR) is 146 cm³/mol. The van der Waals surface area contributed by atoms with E-state index in [0.717, 1.165) is 38.3 Å². The number of carbonyl (C=O) groups is 4. The number of carboxylic acids is 2. The van der Waals surface area contributed by atoms with Crippen molar-refractivity contribution in [3.05, 3.63) is 49.5 Å². The Hall–Kier alpha value is -4.01. The summed E-state index contributed by atoms with van der Waals surface area (Å²) in [4.78, 5) is 75.1. The Morgan fingerprint density at radius 2 is 2.02 bits per heavy atom. The molecule has 5 heterocycles. The van der Waals surface area contributed by atoms with Crippen LogP contribution < -0.4 is 16.6 Å². The van der Waals surface area contributed by atoms with E-state index < -0.39 is 51.5 Å². The third-order valence-electron chi connectivity index (χ3n) is 5.72. The molecular formula is C20H16N8O8S4. The van der Waals surface area contributed by atoms with Crippen molar-refractivity contribution >= 4 is 86.6 Å². The summed E-state index contributed by atoms with van der Waals surface area (Å²) in [7, 11) is 1.24. The van der Waals surface area contributed by atoms with Crippen LogP contribution in [0, 0.1) is 0 Å². The Bertz CT molecular complexity index is 1710. The summed E-state index contributed by atoms with van der Waals surface area (Å²) in [6, 6.07) is -1.06. The largest absolute Gasteiger partial charge is 0.477 e. The minimum atomic E-state index is -1.47. The molecule has 3 atom stereocenters. The number of fused-ring (bicyclic) bond motifs is 2. The number of aromatic carboxylic acids is 1. The number of anilines is 1. The summed E-state index contributed by atoms with van der Waals surface area (Å²) in [5, 5.41) is 29.9. The summed E-state index contributed by atoms with van der Waals surface area (Å²) in [6.07, 6.45) is 1.01. The summed E-state index contributed by atoms with van der Waals surface area (Å²) >= 11 is 7.74. The van der Waals surface area contributed by atoms with Gasteiger partial charge < -0.3 is 26.1 Å². The number of hydrogen-bond donors (Lipinski definition) is 5. The fourth-order valence-electron chi connectivity index (χ4n) is 3.95. The first kappa shape index (κ1) is 27.6. The number of nitrogens with zero attached hydrogens (tertiary/aromatic N) is 6. The number of carbonyl (C=O) groups excluding carboxylic acids is 2. The maximum absolute atomic E-state index is 13.1. The monoisotopic (exact) mass is 624 g/mol. The molecule has 5 rings (SSSR count). The smallest absolute Gasteiger partial charge is 0.352 e. The highest BCUT2D eigenvalue weighted by molar-refractivity contribution is 8.00. The molecule has 3 aromatic heterocycles. The SMILES string of the molecule is CON=C(C(=O)N[C@@H]1C(=O)N2C(C(=O)O)=C(C(S)c3nn4cc(C(=O)O)c(=O)nc4s3)CS[C@H]12)c1csc(N)n1. The van der Waals surface area contributed by atoms with Crippen LogP contribution in [-0.4, -0.2) is 88.4 Å². The molecule has 208 valence electrons. The zero-order valence-electron chi connectivity index (χ0n) is 19.9. The van der Waals surface area contributed by atoms with Crippen molar-refractivity contribution in [1.29, 1.82) is 0 Å². The minimum Gasteiger partial charge on any atom is -0.477 e. The Kier molecular flexibility index (Phi) is 7.25. The zero-order chi connectivity index (χ0) is 28.9. The lowest BCUT2D eigenvalue weighted by atomic mass is 10.0. The number of thiazole rings is 1. The fraction of sp³-hybridized carbons (Fsp3) is 0.250. The predicted octanol–water partition coefficient (Wildman–Crippen LogP) is -0.352. The van der Waals surface area contributed by atoms with Gasteiger partial charge in [-0.25, -0.2) is 19.1 Å². The molecule has 0 saturated carbocycles. The molecule has 2 aliphatic rings. The van der Waals surface area contributed by atoms with E-state index in [9.17, 15) is 29.1 Å². The molecule has 20 heteroatoms. The molecule has 16 nitrogen and oxygen atoms in total. The van der Waals surface area contributed by atoms with Gasteiger partial charge in [0.25, 0.3) is 17.4 Å². The molecule has 1 unspecified atom stereocenters. The number of carboxylic acid groups (broad SMARTS) is 2. The van der Waals surface area contributed by atoms with Crippen LogP contribution in [0.5, 0.6) is 0 Å². The second-order valence-electron chi connectivity index (χ2n) is 8.07. The Morgan fingerprint density at radius 3 is 2.65 bits per heavy atom. The molecule has 0 radical (unpaired) electrons. The molecule has 3 aromatic rings. The number of rotatable bonds is 8. The number of nitrogen functional groups attached to an aromatic ring is 1. The molecule has 0 spiro atoms. The van der Waals surface area contributed by atoms with Crippen LogP contribution in [-0.2, 0) is 19.2 Å². The van der Waals surface area contributed by atoms with Crippen LogP contribution in [0.1, 0.15) is 26.3 Å². The zero-order valence-corrected chi connectivity index (χ0v) is 23.2. The molecule has 0 aliphatic carbocycles. The van der Waals surface area contributed by atoms with Crippen molar-refractivity contribution in [2.75, 3.05) is 18.6 Å². The van der Waals surface area contributed by atoms with Gasteiger partial charge in [0.15, 0.2) is 10.8 Å². The number of thiol groups is 1. The quantitative estimate of drug-likeness (QED) is 0.0934. The lowest BCUT2D eigenvalue weighted by molar-refractivity contribution is -0.150. The van der Waals surface area contributed by atoms with Crippen molar-refractivity contribution in [2.45, 2.75) is 16.7 Å². The topological polar surface area (TPSA) is 232 Å². The van der Waals surface area contributed by atoms with Crippen molar-refractivity contribution < 1.29 is 34.2 Å². The lowest BCUT2D eigenvalue weighted by Crippen LogP contribution is -2.71. The molecule has 1 fully saturated rings. The van der Waals surface area contributed by atoms with Crippen LogP contribution in [0.15, 0.2) is 32.8 Å². The van der Waals surface area contributed by atoms with Gasteiger partial charge in [-0.3, -0.25) is 19.3 Å². The van der Waals surface area contributed by atoms with Crippen LogP contribution in [0.4, 0.5) is 5.13 Å². The number of thioether (sulfide) groups is 1. The highest BCUT2D eigenvalue weighted by atomic mass is 32.2. The average Bonchev–Trinajstić information content (AvgIpc) is 3.53. The van der Waals surface area contributed by atoms with Gasteiger partial charge in [0.2, 0.25) is 4.96 Å². The van der Waals surface area contributed by atoms with Crippen LogP contribution in [0.2, 0.25) is 0 Å². The Labute approximate surface area is 239 Å².